The van der Waals surface area contributed by atoms with Crippen LogP contribution >= 0.6 is 11.6 Å². The highest BCUT2D eigenvalue weighted by atomic mass is 35.5. The quantitative estimate of drug-likeness (QED) is 0.909. The number of aromatic nitrogens is 2. The number of imidazole rings is 1. The molecule has 0 aliphatic carbocycles. The van der Waals surface area contributed by atoms with Crippen molar-refractivity contribution < 1.29 is 13.2 Å². The number of benzene rings is 1. The SMILES string of the molecule is FC(F)(F)c1ccc(-n2cncc2[C@@H]2CCCN2)c(Cl)c1. The van der Waals surface area contributed by atoms with Crippen LogP contribution in [0.15, 0.2) is 30.7 Å². The Bertz CT molecular complexity index is 645. The fourth-order valence-corrected chi connectivity index (χ4v) is 2.85. The molecule has 21 heavy (non-hydrogen) atoms. The van der Waals surface area contributed by atoms with E-state index >= 15 is 0 Å². The molecule has 0 unspecified atom stereocenters. The summed E-state index contributed by atoms with van der Waals surface area (Å²) in [5.74, 6) is 0. The number of hydrogen-bond donors (Lipinski definition) is 1. The molecule has 1 aromatic heterocycles. The van der Waals surface area contributed by atoms with Gasteiger partial charge in [-0.3, -0.25) is 0 Å². The van der Waals surface area contributed by atoms with E-state index in [9.17, 15) is 13.2 Å². The third kappa shape index (κ3) is 2.78. The normalized spacial score (nSPS) is 19.1. The van der Waals surface area contributed by atoms with Gasteiger partial charge in [0.15, 0.2) is 0 Å². The Morgan fingerprint density at radius 3 is 2.76 bits per heavy atom. The molecule has 7 heteroatoms. The summed E-state index contributed by atoms with van der Waals surface area (Å²) in [5.41, 5.74) is 0.664. The van der Waals surface area contributed by atoms with Gasteiger partial charge >= 0.3 is 6.18 Å². The van der Waals surface area contributed by atoms with Crippen LogP contribution in [0.2, 0.25) is 5.02 Å². The van der Waals surface area contributed by atoms with Gasteiger partial charge in [-0.25, -0.2) is 4.98 Å². The van der Waals surface area contributed by atoms with Gasteiger partial charge in [0, 0.05) is 6.04 Å². The molecule has 0 spiro atoms. The van der Waals surface area contributed by atoms with Crippen LogP contribution in [0, 0.1) is 0 Å². The standard InChI is InChI=1S/C14H13ClF3N3/c15-10-6-9(14(16,17)18)3-4-12(10)21-8-19-7-13(21)11-2-1-5-20-11/h3-4,6-8,11,20H,1-2,5H2/t11-/m0/s1. The fourth-order valence-electron chi connectivity index (χ4n) is 2.58. The first kappa shape index (κ1) is 14.4. The van der Waals surface area contributed by atoms with Crippen LogP contribution < -0.4 is 5.32 Å². The molecule has 1 saturated heterocycles. The molecule has 1 aromatic carbocycles. The van der Waals surface area contributed by atoms with Crippen LogP contribution in [-0.4, -0.2) is 16.1 Å². The van der Waals surface area contributed by atoms with Gasteiger partial charge in [0.2, 0.25) is 0 Å². The maximum Gasteiger partial charge on any atom is 0.416 e. The Balaban J connectivity index is 2.00. The predicted octanol–water partition coefficient (Wildman–Crippen LogP) is 3.97. The first-order valence-electron chi connectivity index (χ1n) is 6.59. The van der Waals surface area contributed by atoms with E-state index in [0.717, 1.165) is 37.2 Å². The van der Waals surface area contributed by atoms with E-state index in [0.29, 0.717) is 5.69 Å². The van der Waals surface area contributed by atoms with E-state index in [1.54, 1.807) is 17.1 Å². The van der Waals surface area contributed by atoms with Crippen molar-refractivity contribution in [1.82, 2.24) is 14.9 Å². The highest BCUT2D eigenvalue weighted by Crippen LogP contribution is 2.34. The van der Waals surface area contributed by atoms with Crippen LogP contribution in [0.5, 0.6) is 0 Å². The lowest BCUT2D eigenvalue weighted by molar-refractivity contribution is -0.137. The van der Waals surface area contributed by atoms with E-state index in [4.69, 9.17) is 11.6 Å². The topological polar surface area (TPSA) is 29.9 Å². The Morgan fingerprint density at radius 2 is 2.14 bits per heavy atom. The average molecular weight is 316 g/mol. The number of rotatable bonds is 2. The molecule has 0 saturated carbocycles. The summed E-state index contributed by atoms with van der Waals surface area (Å²) >= 11 is 6.04. The third-order valence-corrected chi connectivity index (χ3v) is 3.92. The van der Waals surface area contributed by atoms with Crippen molar-refractivity contribution in [1.29, 1.82) is 0 Å². The molecule has 0 radical (unpaired) electrons. The molecule has 2 aromatic rings. The largest absolute Gasteiger partial charge is 0.416 e. The molecule has 1 N–H and O–H groups in total. The first-order chi connectivity index (χ1) is 9.97. The number of halogens is 4. The van der Waals surface area contributed by atoms with Gasteiger partial charge in [-0.2, -0.15) is 13.2 Å². The molecule has 3 nitrogen and oxygen atoms in total. The van der Waals surface area contributed by atoms with Gasteiger partial charge < -0.3 is 9.88 Å². The van der Waals surface area contributed by atoms with Gasteiger partial charge in [0.05, 0.1) is 34.5 Å². The minimum Gasteiger partial charge on any atom is -0.309 e. The van der Waals surface area contributed by atoms with Gasteiger partial charge in [-0.05, 0) is 37.6 Å². The molecule has 0 bridgehead atoms. The molecule has 112 valence electrons. The van der Waals surface area contributed by atoms with E-state index in [1.165, 1.54) is 6.07 Å². The Kier molecular flexibility index (Phi) is 3.67. The summed E-state index contributed by atoms with van der Waals surface area (Å²) < 4.78 is 39.8. The van der Waals surface area contributed by atoms with Crippen molar-refractivity contribution in [3.05, 3.63) is 47.0 Å². The minimum absolute atomic E-state index is 0.0575. The molecule has 2 heterocycles. The van der Waals surface area contributed by atoms with Crippen molar-refractivity contribution in [3.63, 3.8) is 0 Å². The number of alkyl halides is 3. The molecule has 1 aliphatic heterocycles. The molecular formula is C14H13ClF3N3. The molecule has 1 aliphatic rings. The highest BCUT2D eigenvalue weighted by Gasteiger charge is 2.31. The van der Waals surface area contributed by atoms with E-state index < -0.39 is 11.7 Å². The fraction of sp³-hybridized carbons (Fsp3) is 0.357. The van der Waals surface area contributed by atoms with Gasteiger partial charge in [0.1, 0.15) is 0 Å². The zero-order chi connectivity index (χ0) is 15.0. The monoisotopic (exact) mass is 315 g/mol. The third-order valence-electron chi connectivity index (χ3n) is 3.62. The molecule has 0 amide bonds. The second-order valence-electron chi connectivity index (χ2n) is 5.00. The van der Waals surface area contributed by atoms with E-state index in [1.807, 2.05) is 0 Å². The second-order valence-corrected chi connectivity index (χ2v) is 5.41. The average Bonchev–Trinajstić information content (AvgIpc) is 3.08. The van der Waals surface area contributed by atoms with Crippen LogP contribution in [0.3, 0.4) is 0 Å². The van der Waals surface area contributed by atoms with Crippen LogP contribution in [0.4, 0.5) is 13.2 Å². The lowest BCUT2D eigenvalue weighted by atomic mass is 10.1. The molecule has 1 atom stereocenters. The summed E-state index contributed by atoms with van der Waals surface area (Å²) in [6.45, 7) is 0.927. The van der Waals surface area contributed by atoms with Gasteiger partial charge in [-0.1, -0.05) is 11.6 Å². The van der Waals surface area contributed by atoms with Crippen LogP contribution in [0.1, 0.15) is 30.1 Å². The zero-order valence-electron chi connectivity index (χ0n) is 11.0. The minimum atomic E-state index is -4.40. The maximum absolute atomic E-state index is 12.7. The van der Waals surface area contributed by atoms with Crippen molar-refractivity contribution in [2.45, 2.75) is 25.1 Å². The lowest BCUT2D eigenvalue weighted by Crippen LogP contribution is -2.16. The van der Waals surface area contributed by atoms with E-state index in [-0.39, 0.29) is 11.1 Å². The Labute approximate surface area is 124 Å². The highest BCUT2D eigenvalue weighted by molar-refractivity contribution is 6.32. The zero-order valence-corrected chi connectivity index (χ0v) is 11.7. The van der Waals surface area contributed by atoms with Crippen molar-refractivity contribution in [2.75, 3.05) is 6.54 Å². The summed E-state index contributed by atoms with van der Waals surface area (Å²) in [6, 6.07) is 3.52. The molecule has 1 fully saturated rings. The number of nitrogens with one attached hydrogen (secondary N) is 1. The number of hydrogen-bond acceptors (Lipinski definition) is 2. The Morgan fingerprint density at radius 1 is 1.33 bits per heavy atom. The summed E-state index contributed by atoms with van der Waals surface area (Å²) in [5, 5.41) is 3.40. The lowest BCUT2D eigenvalue weighted by Gasteiger charge is -2.16. The number of nitrogens with zero attached hydrogens (tertiary/aromatic N) is 2. The molecular weight excluding hydrogens is 303 g/mol. The smallest absolute Gasteiger partial charge is 0.309 e. The molecule has 3 rings (SSSR count). The van der Waals surface area contributed by atoms with Crippen LogP contribution in [-0.2, 0) is 6.18 Å². The predicted molar refractivity (Wildman–Crippen MR) is 73.6 cm³/mol. The van der Waals surface area contributed by atoms with Gasteiger partial charge in [-0.15, -0.1) is 0 Å². The summed E-state index contributed by atoms with van der Waals surface area (Å²) in [6.07, 6.45) is 0.939. The second kappa shape index (κ2) is 5.35. The van der Waals surface area contributed by atoms with Crippen LogP contribution in [0.25, 0.3) is 5.69 Å². The maximum atomic E-state index is 12.7. The Hall–Kier alpha value is -1.53. The van der Waals surface area contributed by atoms with Crippen molar-refractivity contribution in [3.8, 4) is 5.69 Å². The summed E-state index contributed by atoms with van der Waals surface area (Å²) in [4.78, 5) is 4.10. The van der Waals surface area contributed by atoms with Crippen molar-refractivity contribution >= 4 is 11.6 Å². The van der Waals surface area contributed by atoms with Gasteiger partial charge in [0.25, 0.3) is 0 Å². The summed E-state index contributed by atoms with van der Waals surface area (Å²) in [7, 11) is 0. The van der Waals surface area contributed by atoms with Crippen molar-refractivity contribution in [2.24, 2.45) is 0 Å². The van der Waals surface area contributed by atoms with E-state index in [2.05, 4.69) is 10.3 Å². The first-order valence-corrected chi connectivity index (χ1v) is 6.97.